The summed E-state index contributed by atoms with van der Waals surface area (Å²) in [4.78, 5) is 21.0. The number of rotatable bonds is 6. The summed E-state index contributed by atoms with van der Waals surface area (Å²) in [5.74, 6) is -1.11. The van der Waals surface area contributed by atoms with Crippen molar-refractivity contribution >= 4 is 11.4 Å². The van der Waals surface area contributed by atoms with E-state index in [1.807, 2.05) is 0 Å². The van der Waals surface area contributed by atoms with Gasteiger partial charge < -0.3 is 10.5 Å². The van der Waals surface area contributed by atoms with Gasteiger partial charge in [-0.1, -0.05) is 18.2 Å². The molecule has 0 saturated carbocycles. The molecule has 0 bridgehead atoms. The first kappa shape index (κ1) is 24.3. The highest BCUT2D eigenvalue weighted by Gasteiger charge is 2.31. The van der Waals surface area contributed by atoms with Crippen LogP contribution in [-0.2, 0) is 0 Å². The first-order chi connectivity index (χ1) is 17.2. The average molecular weight is 495 g/mol. The average Bonchev–Trinajstić information content (AvgIpc) is 2.84. The molecule has 0 aliphatic rings. The number of hydrogen-bond acceptors (Lipinski definition) is 6. The number of benzene rings is 2. The van der Waals surface area contributed by atoms with Crippen LogP contribution >= 0.6 is 0 Å². The summed E-state index contributed by atoms with van der Waals surface area (Å²) in [5, 5.41) is 4.20. The molecule has 36 heavy (non-hydrogen) atoms. The molecule has 4 rings (SSSR count). The number of ether oxygens (including phenoxy) is 1. The molecule has 0 atom stereocenters. The lowest BCUT2D eigenvalue weighted by Gasteiger charge is -2.11. The number of alkyl halides is 3. The summed E-state index contributed by atoms with van der Waals surface area (Å²) in [6.45, 7) is 0. The van der Waals surface area contributed by atoms with E-state index in [9.17, 15) is 22.4 Å². The standard InChI is InChI=1S/C25H17F4N5O2/c26-19-14-16(20-6-1-2-12-31-20)7-8-22(19)34-13-10-23(35)24(33-34)21(9-11-30)32-17-4-3-5-18(15-17)36-25(27,28)29/h1-15H,30H2. The Hall–Kier alpha value is -4.80. The van der Waals surface area contributed by atoms with Crippen LogP contribution in [0.5, 0.6) is 5.75 Å². The second-order valence-corrected chi connectivity index (χ2v) is 7.26. The van der Waals surface area contributed by atoms with Crippen LogP contribution in [0, 0.1) is 5.82 Å². The van der Waals surface area contributed by atoms with Crippen molar-refractivity contribution in [1.82, 2.24) is 14.8 Å². The zero-order valence-electron chi connectivity index (χ0n) is 18.4. The van der Waals surface area contributed by atoms with Crippen LogP contribution in [0.25, 0.3) is 16.9 Å². The predicted molar refractivity (Wildman–Crippen MR) is 126 cm³/mol. The fourth-order valence-corrected chi connectivity index (χ4v) is 3.25. The van der Waals surface area contributed by atoms with Crippen molar-refractivity contribution < 1.29 is 22.3 Å². The molecule has 0 saturated heterocycles. The first-order valence-corrected chi connectivity index (χ1v) is 10.4. The molecule has 4 aromatic rings. The van der Waals surface area contributed by atoms with Gasteiger partial charge >= 0.3 is 6.36 Å². The maximum atomic E-state index is 15.0. The van der Waals surface area contributed by atoms with E-state index in [0.717, 1.165) is 29.1 Å². The lowest BCUT2D eigenvalue weighted by atomic mass is 10.1. The molecular formula is C25H17F4N5O2. The number of halogens is 4. The van der Waals surface area contributed by atoms with Crippen molar-refractivity contribution in [2.75, 3.05) is 0 Å². The fraction of sp³-hybridized carbons (Fsp3) is 0.0400. The third-order valence-electron chi connectivity index (χ3n) is 4.76. The Balaban J connectivity index is 1.73. The molecule has 0 aliphatic carbocycles. The zero-order valence-corrected chi connectivity index (χ0v) is 18.4. The van der Waals surface area contributed by atoms with E-state index in [0.29, 0.717) is 11.3 Å². The van der Waals surface area contributed by atoms with Crippen molar-refractivity contribution in [1.29, 1.82) is 0 Å². The smallest absolute Gasteiger partial charge is 0.406 e. The molecule has 0 unspecified atom stereocenters. The van der Waals surface area contributed by atoms with Crippen LogP contribution in [0.3, 0.4) is 0 Å². The Labute approximate surface area is 201 Å². The minimum Gasteiger partial charge on any atom is -0.406 e. The zero-order chi connectivity index (χ0) is 25.7. The van der Waals surface area contributed by atoms with Gasteiger partial charge in [0.05, 0.1) is 17.1 Å². The Bertz CT molecular complexity index is 1500. The van der Waals surface area contributed by atoms with Crippen molar-refractivity contribution in [2.24, 2.45) is 10.7 Å². The van der Waals surface area contributed by atoms with Crippen LogP contribution in [-0.4, -0.2) is 26.8 Å². The third-order valence-corrected chi connectivity index (χ3v) is 4.76. The number of nitrogens with zero attached hydrogens (tertiary/aromatic N) is 4. The maximum Gasteiger partial charge on any atom is 0.573 e. The van der Waals surface area contributed by atoms with E-state index < -0.39 is 23.4 Å². The first-order valence-electron chi connectivity index (χ1n) is 10.4. The Morgan fingerprint density at radius 1 is 1.06 bits per heavy atom. The number of aliphatic imine (C=N–C) groups is 1. The van der Waals surface area contributed by atoms with Gasteiger partial charge in [0.1, 0.15) is 17.3 Å². The highest BCUT2D eigenvalue weighted by Crippen LogP contribution is 2.27. The Morgan fingerprint density at radius 2 is 1.89 bits per heavy atom. The lowest BCUT2D eigenvalue weighted by Crippen LogP contribution is -2.21. The van der Waals surface area contributed by atoms with Crippen molar-refractivity contribution in [3.63, 3.8) is 0 Å². The quantitative estimate of drug-likeness (QED) is 0.303. The number of aromatic nitrogens is 3. The molecule has 0 fully saturated rings. The van der Waals surface area contributed by atoms with Gasteiger partial charge in [0.15, 0.2) is 5.69 Å². The number of allylic oxidation sites excluding steroid dienone is 1. The van der Waals surface area contributed by atoms with Gasteiger partial charge in [0.25, 0.3) is 0 Å². The van der Waals surface area contributed by atoms with Crippen molar-refractivity contribution in [3.05, 3.63) is 113 Å². The molecule has 0 aliphatic heterocycles. The van der Waals surface area contributed by atoms with E-state index in [-0.39, 0.29) is 22.8 Å². The summed E-state index contributed by atoms with van der Waals surface area (Å²) in [6, 6.07) is 15.7. The predicted octanol–water partition coefficient (Wildman–Crippen LogP) is 4.93. The van der Waals surface area contributed by atoms with Crippen LogP contribution in [0.1, 0.15) is 5.69 Å². The molecule has 2 aromatic carbocycles. The van der Waals surface area contributed by atoms with E-state index >= 15 is 0 Å². The summed E-state index contributed by atoms with van der Waals surface area (Å²) in [5.41, 5.74) is 5.91. The lowest BCUT2D eigenvalue weighted by molar-refractivity contribution is -0.274. The molecule has 182 valence electrons. The van der Waals surface area contributed by atoms with Gasteiger partial charge in [0, 0.05) is 30.1 Å². The molecule has 0 amide bonds. The topological polar surface area (TPSA) is 95.4 Å². The van der Waals surface area contributed by atoms with Crippen LogP contribution < -0.4 is 15.9 Å². The number of pyridine rings is 1. The number of hydrogen-bond donors (Lipinski definition) is 1. The minimum atomic E-state index is -4.88. The van der Waals surface area contributed by atoms with Gasteiger partial charge in [-0.2, -0.15) is 5.10 Å². The van der Waals surface area contributed by atoms with Gasteiger partial charge in [-0.25, -0.2) is 14.1 Å². The number of nitrogens with two attached hydrogens (primary N) is 1. The molecular weight excluding hydrogens is 478 g/mol. The second-order valence-electron chi connectivity index (χ2n) is 7.26. The van der Waals surface area contributed by atoms with E-state index in [1.165, 1.54) is 36.5 Å². The Kier molecular flexibility index (Phi) is 6.91. The summed E-state index contributed by atoms with van der Waals surface area (Å²) < 4.78 is 57.7. The molecule has 2 aromatic heterocycles. The highest BCUT2D eigenvalue weighted by molar-refractivity contribution is 6.08. The molecule has 11 heteroatoms. The van der Waals surface area contributed by atoms with Crippen LogP contribution in [0.15, 0.2) is 101 Å². The van der Waals surface area contributed by atoms with E-state index in [1.54, 1.807) is 30.5 Å². The molecule has 7 nitrogen and oxygen atoms in total. The van der Waals surface area contributed by atoms with Gasteiger partial charge in [-0.3, -0.25) is 9.78 Å². The normalized spacial score (nSPS) is 12.2. The summed E-state index contributed by atoms with van der Waals surface area (Å²) in [7, 11) is 0. The fourth-order valence-electron chi connectivity index (χ4n) is 3.25. The SMILES string of the molecule is NC=CC(=Nc1cccc(OC(F)(F)F)c1)c1nn(-c2ccc(-c3ccccn3)cc2F)ccc1=O. The molecule has 2 heterocycles. The van der Waals surface area contributed by atoms with Crippen LogP contribution in [0.2, 0.25) is 0 Å². The molecule has 2 N–H and O–H groups in total. The van der Waals surface area contributed by atoms with Crippen molar-refractivity contribution in [3.8, 4) is 22.7 Å². The second kappa shape index (κ2) is 10.2. The van der Waals surface area contributed by atoms with Gasteiger partial charge in [0.2, 0.25) is 5.43 Å². The van der Waals surface area contributed by atoms with Gasteiger partial charge in [-0.05, 0) is 48.7 Å². The van der Waals surface area contributed by atoms with E-state index in [2.05, 4.69) is 19.8 Å². The maximum absolute atomic E-state index is 15.0. The largest absolute Gasteiger partial charge is 0.573 e. The third kappa shape index (κ3) is 5.81. The summed E-state index contributed by atoms with van der Waals surface area (Å²) >= 11 is 0. The van der Waals surface area contributed by atoms with Crippen molar-refractivity contribution in [2.45, 2.75) is 6.36 Å². The van der Waals surface area contributed by atoms with E-state index in [4.69, 9.17) is 5.73 Å². The molecule has 0 radical (unpaired) electrons. The molecule has 0 spiro atoms. The highest BCUT2D eigenvalue weighted by atomic mass is 19.4. The van der Waals surface area contributed by atoms with Crippen LogP contribution in [0.4, 0.5) is 23.2 Å². The summed E-state index contributed by atoms with van der Waals surface area (Å²) in [6.07, 6.45) is 0.342. The Morgan fingerprint density at radius 3 is 2.58 bits per heavy atom. The minimum absolute atomic E-state index is 0.0485. The monoisotopic (exact) mass is 495 g/mol. The van der Waals surface area contributed by atoms with Gasteiger partial charge in [-0.15, -0.1) is 13.2 Å².